The lowest BCUT2D eigenvalue weighted by Crippen LogP contribution is -2.25. The molecular weight excluding hydrogens is 242 g/mol. The number of aryl methyl sites for hydroxylation is 3. The second kappa shape index (κ2) is 8.69. The lowest BCUT2D eigenvalue weighted by atomic mass is 10.2. The van der Waals surface area contributed by atoms with Gasteiger partial charge in [-0.25, -0.2) is 0 Å². The number of carbonyl (C=O) groups is 1. The van der Waals surface area contributed by atoms with E-state index < -0.39 is 0 Å². The molecule has 0 aromatic carbocycles. The molecule has 5 nitrogen and oxygen atoms in total. The zero-order valence-corrected chi connectivity index (χ0v) is 12.0. The molecule has 0 aliphatic rings. The van der Waals surface area contributed by atoms with Crippen LogP contribution in [0.5, 0.6) is 0 Å². The van der Waals surface area contributed by atoms with E-state index >= 15 is 0 Å². The number of hydrogen-bond donors (Lipinski definition) is 2. The van der Waals surface area contributed by atoms with Crippen molar-refractivity contribution in [1.82, 2.24) is 15.1 Å². The van der Waals surface area contributed by atoms with Crippen molar-refractivity contribution < 1.29 is 9.90 Å². The summed E-state index contributed by atoms with van der Waals surface area (Å²) in [7, 11) is 0. The Morgan fingerprint density at radius 3 is 2.68 bits per heavy atom. The highest BCUT2D eigenvalue weighted by Crippen LogP contribution is 2.02. The molecule has 0 aliphatic carbocycles. The maximum absolute atomic E-state index is 11.6. The molecule has 0 aliphatic heterocycles. The van der Waals surface area contributed by atoms with Gasteiger partial charge in [0.2, 0.25) is 5.91 Å². The predicted octanol–water partition coefficient (Wildman–Crippen LogP) is 1.56. The molecule has 1 heterocycles. The Labute approximate surface area is 115 Å². The zero-order chi connectivity index (χ0) is 14.1. The van der Waals surface area contributed by atoms with Gasteiger partial charge in [0.05, 0.1) is 5.69 Å². The van der Waals surface area contributed by atoms with Crippen molar-refractivity contribution in [2.75, 3.05) is 13.2 Å². The van der Waals surface area contributed by atoms with Crippen LogP contribution in [0, 0.1) is 13.8 Å². The minimum absolute atomic E-state index is 0.0784. The van der Waals surface area contributed by atoms with Crippen LogP contribution < -0.4 is 5.32 Å². The number of rotatable bonds is 9. The Bertz CT molecular complexity index is 388. The minimum atomic E-state index is 0.0784. The second-order valence-corrected chi connectivity index (χ2v) is 4.89. The van der Waals surface area contributed by atoms with E-state index in [1.54, 1.807) is 0 Å². The summed E-state index contributed by atoms with van der Waals surface area (Å²) in [6, 6.07) is 2.01. The highest BCUT2D eigenvalue weighted by molar-refractivity contribution is 5.75. The van der Waals surface area contributed by atoms with Crippen LogP contribution in [0.4, 0.5) is 0 Å². The smallest absolute Gasteiger partial charge is 0.221 e. The summed E-state index contributed by atoms with van der Waals surface area (Å²) in [6.07, 6.45) is 4.38. The molecule has 108 valence electrons. The van der Waals surface area contributed by atoms with Gasteiger partial charge in [0.25, 0.3) is 0 Å². The second-order valence-electron chi connectivity index (χ2n) is 4.89. The van der Waals surface area contributed by atoms with E-state index in [4.69, 9.17) is 5.11 Å². The van der Waals surface area contributed by atoms with Gasteiger partial charge in [-0.3, -0.25) is 9.48 Å². The summed E-state index contributed by atoms with van der Waals surface area (Å²) in [5, 5.41) is 15.9. The molecule has 1 amide bonds. The first-order chi connectivity index (χ1) is 9.13. The Hall–Kier alpha value is -1.36. The molecule has 1 aromatic rings. The average molecular weight is 267 g/mol. The zero-order valence-electron chi connectivity index (χ0n) is 12.0. The van der Waals surface area contributed by atoms with Crippen LogP contribution in [0.3, 0.4) is 0 Å². The van der Waals surface area contributed by atoms with E-state index in [0.717, 1.165) is 43.6 Å². The Kier molecular flexibility index (Phi) is 7.18. The number of hydrogen-bond acceptors (Lipinski definition) is 3. The lowest BCUT2D eigenvalue weighted by molar-refractivity contribution is -0.121. The number of aliphatic hydroxyl groups is 1. The number of aliphatic hydroxyl groups excluding tert-OH is 1. The molecule has 0 bridgehead atoms. The molecular formula is C14H25N3O2. The number of amides is 1. The van der Waals surface area contributed by atoms with E-state index in [9.17, 15) is 4.79 Å². The molecule has 19 heavy (non-hydrogen) atoms. The molecule has 0 saturated heterocycles. The first-order valence-corrected chi connectivity index (χ1v) is 7.02. The van der Waals surface area contributed by atoms with Crippen molar-refractivity contribution in [3.63, 3.8) is 0 Å². The normalized spacial score (nSPS) is 10.7. The summed E-state index contributed by atoms with van der Waals surface area (Å²) in [4.78, 5) is 11.6. The summed E-state index contributed by atoms with van der Waals surface area (Å²) in [6.45, 7) is 5.57. The molecule has 0 spiro atoms. The number of nitrogens with one attached hydrogen (secondary N) is 1. The van der Waals surface area contributed by atoms with E-state index in [1.807, 2.05) is 24.6 Å². The number of unbranched alkanes of at least 4 members (excludes halogenated alkanes) is 3. The van der Waals surface area contributed by atoms with Crippen LogP contribution in [-0.2, 0) is 11.3 Å². The molecule has 1 rings (SSSR count). The van der Waals surface area contributed by atoms with Crippen molar-refractivity contribution in [2.45, 2.75) is 52.5 Å². The Morgan fingerprint density at radius 2 is 2.05 bits per heavy atom. The van der Waals surface area contributed by atoms with Gasteiger partial charge in [-0.05, 0) is 32.8 Å². The average Bonchev–Trinajstić information content (AvgIpc) is 2.69. The SMILES string of the molecule is Cc1cc(C)n(CCC(=O)NCCCCCCO)n1. The fourth-order valence-electron chi connectivity index (χ4n) is 2.02. The van der Waals surface area contributed by atoms with E-state index in [2.05, 4.69) is 10.4 Å². The first-order valence-electron chi connectivity index (χ1n) is 7.02. The van der Waals surface area contributed by atoms with Gasteiger partial charge in [-0.2, -0.15) is 5.10 Å². The maximum atomic E-state index is 11.6. The summed E-state index contributed by atoms with van der Waals surface area (Å²) in [5.41, 5.74) is 2.08. The van der Waals surface area contributed by atoms with Gasteiger partial charge in [0.1, 0.15) is 0 Å². The van der Waals surface area contributed by atoms with Gasteiger partial charge in [-0.15, -0.1) is 0 Å². The van der Waals surface area contributed by atoms with Gasteiger partial charge >= 0.3 is 0 Å². The van der Waals surface area contributed by atoms with E-state index in [-0.39, 0.29) is 12.5 Å². The fourth-order valence-corrected chi connectivity index (χ4v) is 2.02. The maximum Gasteiger partial charge on any atom is 0.221 e. The molecule has 1 aromatic heterocycles. The Balaban J connectivity index is 2.09. The van der Waals surface area contributed by atoms with Crippen molar-refractivity contribution in [1.29, 1.82) is 0 Å². The first kappa shape index (κ1) is 15.7. The van der Waals surface area contributed by atoms with Crippen LogP contribution >= 0.6 is 0 Å². The molecule has 0 atom stereocenters. The molecule has 0 unspecified atom stereocenters. The number of nitrogens with zero attached hydrogens (tertiary/aromatic N) is 2. The molecule has 0 saturated carbocycles. The minimum Gasteiger partial charge on any atom is -0.396 e. The predicted molar refractivity (Wildman–Crippen MR) is 74.9 cm³/mol. The van der Waals surface area contributed by atoms with Crippen LogP contribution in [0.2, 0.25) is 0 Å². The number of aromatic nitrogens is 2. The third kappa shape index (κ3) is 6.38. The van der Waals surface area contributed by atoms with Crippen LogP contribution in [0.15, 0.2) is 6.07 Å². The topological polar surface area (TPSA) is 67.2 Å². The van der Waals surface area contributed by atoms with Crippen LogP contribution in [-0.4, -0.2) is 33.9 Å². The summed E-state index contributed by atoms with van der Waals surface area (Å²) < 4.78 is 1.87. The quantitative estimate of drug-likeness (QED) is 0.667. The third-order valence-corrected chi connectivity index (χ3v) is 3.06. The van der Waals surface area contributed by atoms with Gasteiger partial charge in [-0.1, -0.05) is 12.8 Å². The molecule has 0 fully saturated rings. The summed E-state index contributed by atoms with van der Waals surface area (Å²) in [5.74, 6) is 0.0784. The van der Waals surface area contributed by atoms with Gasteiger partial charge in [0.15, 0.2) is 0 Å². The van der Waals surface area contributed by atoms with Crippen molar-refractivity contribution in [3.05, 3.63) is 17.5 Å². The largest absolute Gasteiger partial charge is 0.396 e. The highest BCUT2D eigenvalue weighted by atomic mass is 16.2. The monoisotopic (exact) mass is 267 g/mol. The lowest BCUT2D eigenvalue weighted by Gasteiger charge is -2.06. The Morgan fingerprint density at radius 1 is 1.32 bits per heavy atom. The van der Waals surface area contributed by atoms with Crippen molar-refractivity contribution in [2.24, 2.45) is 0 Å². The molecule has 0 radical (unpaired) electrons. The van der Waals surface area contributed by atoms with Crippen molar-refractivity contribution in [3.8, 4) is 0 Å². The van der Waals surface area contributed by atoms with Gasteiger partial charge in [0, 0.05) is 31.8 Å². The van der Waals surface area contributed by atoms with E-state index in [1.165, 1.54) is 0 Å². The van der Waals surface area contributed by atoms with Crippen LogP contribution in [0.1, 0.15) is 43.5 Å². The molecule has 5 heteroatoms. The van der Waals surface area contributed by atoms with Crippen LogP contribution in [0.25, 0.3) is 0 Å². The number of carbonyl (C=O) groups excluding carboxylic acids is 1. The fraction of sp³-hybridized carbons (Fsp3) is 0.714. The van der Waals surface area contributed by atoms with E-state index in [0.29, 0.717) is 13.0 Å². The standard InChI is InChI=1S/C14H25N3O2/c1-12-11-13(2)17(16-12)9-7-14(19)15-8-5-3-4-6-10-18/h11,18H,3-10H2,1-2H3,(H,15,19). The molecule has 2 N–H and O–H groups in total. The third-order valence-electron chi connectivity index (χ3n) is 3.06. The van der Waals surface area contributed by atoms with Crippen molar-refractivity contribution >= 4 is 5.91 Å². The summed E-state index contributed by atoms with van der Waals surface area (Å²) >= 11 is 0. The van der Waals surface area contributed by atoms with Gasteiger partial charge < -0.3 is 10.4 Å². The highest BCUT2D eigenvalue weighted by Gasteiger charge is 2.04.